The number of urea groups is 1. The van der Waals surface area contributed by atoms with Crippen LogP contribution < -0.4 is 20.7 Å². The van der Waals surface area contributed by atoms with Gasteiger partial charge in [-0.15, -0.1) is 0 Å². The highest BCUT2D eigenvalue weighted by Crippen LogP contribution is 2.30. The Labute approximate surface area is 146 Å². The zero-order chi connectivity index (χ0) is 17.8. The first-order valence-corrected chi connectivity index (χ1v) is 8.29. The lowest BCUT2D eigenvalue weighted by Gasteiger charge is -2.21. The second-order valence-corrected chi connectivity index (χ2v) is 5.92. The van der Waals surface area contributed by atoms with Crippen molar-refractivity contribution in [3.63, 3.8) is 0 Å². The fourth-order valence-electron chi connectivity index (χ4n) is 2.76. The minimum absolute atomic E-state index is 0.0272. The first kappa shape index (κ1) is 16.8. The molecule has 2 aromatic carbocycles. The highest BCUT2D eigenvalue weighted by molar-refractivity contribution is 5.95. The Kier molecular flexibility index (Phi) is 4.88. The molecule has 1 aliphatic rings. The number of fused-ring (bicyclic) bond motifs is 1. The number of amides is 3. The second-order valence-electron chi connectivity index (χ2n) is 5.92. The Bertz CT molecular complexity index is 804. The van der Waals surface area contributed by atoms with Crippen molar-refractivity contribution < 1.29 is 14.3 Å². The molecule has 0 aromatic heterocycles. The Morgan fingerprint density at radius 2 is 2.08 bits per heavy atom. The van der Waals surface area contributed by atoms with Crippen LogP contribution in [-0.2, 0) is 11.2 Å². The number of nitrogens with one attached hydrogen (secondary N) is 3. The van der Waals surface area contributed by atoms with E-state index < -0.39 is 0 Å². The van der Waals surface area contributed by atoms with Gasteiger partial charge in [-0.3, -0.25) is 4.79 Å². The van der Waals surface area contributed by atoms with Crippen molar-refractivity contribution in [3.05, 3.63) is 53.6 Å². The number of anilines is 2. The number of rotatable bonds is 4. The lowest BCUT2D eigenvalue weighted by Crippen LogP contribution is -2.31. The number of carbonyl (C=O) groups is 2. The van der Waals surface area contributed by atoms with Gasteiger partial charge in [0.05, 0.1) is 11.7 Å². The highest BCUT2D eigenvalue weighted by atomic mass is 16.5. The molecule has 0 fully saturated rings. The summed E-state index contributed by atoms with van der Waals surface area (Å²) in [5, 5.41) is 8.57. The predicted octanol–water partition coefficient (Wildman–Crippen LogP) is 3.46. The van der Waals surface area contributed by atoms with E-state index in [1.807, 2.05) is 50.2 Å². The van der Waals surface area contributed by atoms with Crippen molar-refractivity contribution in [1.29, 1.82) is 0 Å². The van der Waals surface area contributed by atoms with Gasteiger partial charge in [-0.05, 0) is 42.7 Å². The van der Waals surface area contributed by atoms with Crippen molar-refractivity contribution in [2.75, 3.05) is 17.2 Å². The molecule has 0 spiro atoms. The summed E-state index contributed by atoms with van der Waals surface area (Å²) >= 11 is 0. The van der Waals surface area contributed by atoms with Crippen LogP contribution in [0.25, 0.3) is 0 Å². The maximum Gasteiger partial charge on any atom is 0.319 e. The van der Waals surface area contributed by atoms with Crippen molar-refractivity contribution >= 4 is 23.3 Å². The number of benzene rings is 2. The molecule has 6 nitrogen and oxygen atoms in total. The molecule has 3 rings (SSSR count). The number of hydrogen-bond donors (Lipinski definition) is 3. The minimum Gasteiger partial charge on any atom is -0.482 e. The summed E-state index contributed by atoms with van der Waals surface area (Å²) in [6, 6.07) is 12.7. The molecule has 1 atom stereocenters. The van der Waals surface area contributed by atoms with E-state index in [1.165, 1.54) is 0 Å². The molecule has 0 aliphatic carbocycles. The molecule has 3 N–H and O–H groups in total. The molecule has 3 amide bonds. The number of hydrogen-bond acceptors (Lipinski definition) is 3. The van der Waals surface area contributed by atoms with Gasteiger partial charge in [-0.2, -0.15) is 0 Å². The first-order valence-electron chi connectivity index (χ1n) is 8.29. The molecule has 130 valence electrons. The van der Waals surface area contributed by atoms with Crippen LogP contribution in [0.15, 0.2) is 42.5 Å². The number of carbonyl (C=O) groups excluding carboxylic acids is 2. The van der Waals surface area contributed by atoms with Crippen LogP contribution in [0.5, 0.6) is 5.75 Å². The first-order chi connectivity index (χ1) is 12.1. The Hall–Kier alpha value is -3.02. The molecule has 25 heavy (non-hydrogen) atoms. The maximum atomic E-state index is 12.3. The van der Waals surface area contributed by atoms with Crippen molar-refractivity contribution in [2.45, 2.75) is 26.3 Å². The third-order valence-corrected chi connectivity index (χ3v) is 4.13. The molecule has 0 bridgehead atoms. The van der Waals surface area contributed by atoms with Crippen molar-refractivity contribution in [3.8, 4) is 5.75 Å². The second kappa shape index (κ2) is 7.25. The molecule has 1 heterocycles. The molecular weight excluding hydrogens is 318 g/mol. The van der Waals surface area contributed by atoms with Gasteiger partial charge in [0, 0.05) is 5.69 Å². The fourth-order valence-corrected chi connectivity index (χ4v) is 2.76. The summed E-state index contributed by atoms with van der Waals surface area (Å²) < 4.78 is 5.34. The number of ether oxygens (including phenoxy) is 1. The Morgan fingerprint density at radius 3 is 2.88 bits per heavy atom. The molecular formula is C19H21N3O3. The van der Waals surface area contributed by atoms with Gasteiger partial charge in [0.25, 0.3) is 5.91 Å². The molecule has 0 saturated carbocycles. The quantitative estimate of drug-likeness (QED) is 0.798. The fraction of sp³-hybridized carbons (Fsp3) is 0.263. The molecule has 0 saturated heterocycles. The van der Waals surface area contributed by atoms with E-state index in [-0.39, 0.29) is 24.6 Å². The van der Waals surface area contributed by atoms with E-state index in [0.29, 0.717) is 11.4 Å². The summed E-state index contributed by atoms with van der Waals surface area (Å²) in [5.41, 5.74) is 3.39. The summed E-state index contributed by atoms with van der Waals surface area (Å²) in [7, 11) is 0. The van der Waals surface area contributed by atoms with Gasteiger partial charge in [0.15, 0.2) is 6.61 Å². The average molecular weight is 339 g/mol. The van der Waals surface area contributed by atoms with Gasteiger partial charge in [0.1, 0.15) is 5.75 Å². The standard InChI is InChI=1S/C19H21N3O3/c1-3-13-6-4-5-7-15(13)22-19(24)20-12(2)14-8-9-17-16(10-14)21-18(23)11-25-17/h4-10,12H,3,11H2,1-2H3,(H,21,23)(H2,20,22,24). The molecule has 2 aromatic rings. The summed E-state index contributed by atoms with van der Waals surface area (Å²) in [6.45, 7) is 3.96. The van der Waals surface area contributed by atoms with E-state index in [2.05, 4.69) is 16.0 Å². The topological polar surface area (TPSA) is 79.5 Å². The normalized spacial score (nSPS) is 13.9. The van der Waals surface area contributed by atoms with E-state index in [9.17, 15) is 9.59 Å². The summed E-state index contributed by atoms with van der Waals surface area (Å²) in [6.07, 6.45) is 0.844. The average Bonchev–Trinajstić information content (AvgIpc) is 2.61. The molecule has 0 radical (unpaired) electrons. The predicted molar refractivity (Wildman–Crippen MR) is 97.0 cm³/mol. The Morgan fingerprint density at radius 1 is 1.28 bits per heavy atom. The summed E-state index contributed by atoms with van der Waals surface area (Å²) in [5.74, 6) is 0.455. The number of para-hydroxylation sites is 1. The van der Waals surface area contributed by atoms with E-state index in [1.54, 1.807) is 6.07 Å². The summed E-state index contributed by atoms with van der Waals surface area (Å²) in [4.78, 5) is 23.7. The molecule has 1 aliphatic heterocycles. The van der Waals surface area contributed by atoms with Gasteiger partial charge in [0.2, 0.25) is 0 Å². The lowest BCUT2D eigenvalue weighted by atomic mass is 10.1. The smallest absolute Gasteiger partial charge is 0.319 e. The monoisotopic (exact) mass is 339 g/mol. The van der Waals surface area contributed by atoms with Crippen LogP contribution in [0.4, 0.5) is 16.2 Å². The van der Waals surface area contributed by atoms with Crippen LogP contribution >= 0.6 is 0 Å². The zero-order valence-electron chi connectivity index (χ0n) is 14.3. The van der Waals surface area contributed by atoms with Gasteiger partial charge < -0.3 is 20.7 Å². The molecule has 6 heteroatoms. The van der Waals surface area contributed by atoms with Crippen molar-refractivity contribution in [1.82, 2.24) is 5.32 Å². The van der Waals surface area contributed by atoms with E-state index in [4.69, 9.17) is 4.74 Å². The van der Waals surface area contributed by atoms with Gasteiger partial charge >= 0.3 is 6.03 Å². The number of aryl methyl sites for hydroxylation is 1. The van der Waals surface area contributed by atoms with Crippen molar-refractivity contribution in [2.24, 2.45) is 0 Å². The van der Waals surface area contributed by atoms with Crippen LogP contribution in [0, 0.1) is 0 Å². The molecule has 1 unspecified atom stereocenters. The largest absolute Gasteiger partial charge is 0.482 e. The van der Waals surface area contributed by atoms with Gasteiger partial charge in [-0.1, -0.05) is 31.2 Å². The lowest BCUT2D eigenvalue weighted by molar-refractivity contribution is -0.118. The minimum atomic E-state index is -0.272. The third-order valence-electron chi connectivity index (χ3n) is 4.13. The maximum absolute atomic E-state index is 12.3. The van der Waals surface area contributed by atoms with Crippen LogP contribution in [0.2, 0.25) is 0 Å². The van der Waals surface area contributed by atoms with E-state index >= 15 is 0 Å². The van der Waals surface area contributed by atoms with Gasteiger partial charge in [-0.25, -0.2) is 4.79 Å². The third kappa shape index (κ3) is 3.91. The SMILES string of the molecule is CCc1ccccc1NC(=O)NC(C)c1ccc2c(c1)NC(=O)CO2. The van der Waals surface area contributed by atoms with Crippen LogP contribution in [0.3, 0.4) is 0 Å². The van der Waals surface area contributed by atoms with Crippen LogP contribution in [0.1, 0.15) is 31.0 Å². The highest BCUT2D eigenvalue weighted by Gasteiger charge is 2.18. The zero-order valence-corrected chi connectivity index (χ0v) is 14.3. The van der Waals surface area contributed by atoms with E-state index in [0.717, 1.165) is 23.2 Å². The van der Waals surface area contributed by atoms with Crippen LogP contribution in [-0.4, -0.2) is 18.5 Å². The Balaban J connectivity index is 1.67.